The van der Waals surface area contributed by atoms with Crippen LogP contribution in [0.25, 0.3) is 0 Å². The predicted octanol–water partition coefficient (Wildman–Crippen LogP) is 1.79. The molecule has 0 amide bonds. The normalized spacial score (nSPS) is 10.1. The van der Waals surface area contributed by atoms with Crippen LogP contribution in [0, 0.1) is 0 Å². The Balaban J connectivity index is 0. The van der Waals surface area contributed by atoms with Gasteiger partial charge in [-0.25, -0.2) is 0 Å². The number of hydrogen-bond acceptors (Lipinski definition) is 3. The zero-order valence-corrected chi connectivity index (χ0v) is 10.6. The topological polar surface area (TPSA) is 45.1 Å². The van der Waals surface area contributed by atoms with Crippen LogP contribution in [-0.4, -0.2) is 22.2 Å². The molecule has 3 nitrogen and oxygen atoms in total. The van der Waals surface area contributed by atoms with Crippen molar-refractivity contribution in [1.29, 1.82) is 0 Å². The molecule has 0 aliphatic heterocycles. The van der Waals surface area contributed by atoms with Crippen LogP contribution in [0.1, 0.15) is 19.5 Å². The molecule has 0 aromatic carbocycles. The van der Waals surface area contributed by atoms with Crippen LogP contribution in [0.4, 0.5) is 0 Å². The van der Waals surface area contributed by atoms with Crippen LogP contribution in [0.2, 0.25) is 0 Å². The average Bonchev–Trinajstić information content (AvgIpc) is 2.17. The Morgan fingerprint density at radius 2 is 2.00 bits per heavy atom. The van der Waals surface area contributed by atoms with Crippen molar-refractivity contribution in [3.63, 3.8) is 0 Å². The van der Waals surface area contributed by atoms with Gasteiger partial charge in [-0.3, -0.25) is 4.98 Å². The lowest BCUT2D eigenvalue weighted by atomic mass is 10.1. The smallest absolute Gasteiger partial charge is 0.0607 e. The number of pyridine rings is 1. The molecule has 0 spiro atoms. The second-order valence-corrected chi connectivity index (χ2v) is 3.72. The lowest BCUT2D eigenvalue weighted by Crippen LogP contribution is -2.42. The first-order chi connectivity index (χ1) is 6.14. The molecule has 1 heterocycles. The van der Waals surface area contributed by atoms with Gasteiger partial charge in [0.2, 0.25) is 0 Å². The van der Waals surface area contributed by atoms with E-state index in [0.29, 0.717) is 6.54 Å². The van der Waals surface area contributed by atoms with Gasteiger partial charge >= 0.3 is 0 Å². The van der Waals surface area contributed by atoms with Gasteiger partial charge in [0, 0.05) is 18.3 Å². The molecule has 88 valence electrons. The van der Waals surface area contributed by atoms with Crippen molar-refractivity contribution in [3.8, 4) is 0 Å². The van der Waals surface area contributed by atoms with Crippen molar-refractivity contribution in [1.82, 2.24) is 10.3 Å². The van der Waals surface area contributed by atoms with Gasteiger partial charge in [-0.05, 0) is 26.0 Å². The van der Waals surface area contributed by atoms with E-state index in [4.69, 9.17) is 5.11 Å². The average molecular weight is 253 g/mol. The minimum Gasteiger partial charge on any atom is -0.394 e. The van der Waals surface area contributed by atoms with Crippen molar-refractivity contribution >= 4 is 24.8 Å². The first kappa shape index (κ1) is 17.1. The summed E-state index contributed by atoms with van der Waals surface area (Å²) in [4.78, 5) is 4.17. The molecule has 0 aliphatic rings. The molecule has 0 radical (unpaired) electrons. The Morgan fingerprint density at radius 3 is 2.47 bits per heavy atom. The number of hydrogen-bond donors (Lipinski definition) is 2. The molecular formula is C10H18Cl2N2O. The lowest BCUT2D eigenvalue weighted by molar-refractivity contribution is 0.187. The van der Waals surface area contributed by atoms with E-state index in [-0.39, 0.29) is 37.0 Å². The van der Waals surface area contributed by atoms with Gasteiger partial charge in [-0.2, -0.15) is 0 Å². The fraction of sp³-hybridized carbons (Fsp3) is 0.500. The van der Waals surface area contributed by atoms with Crippen molar-refractivity contribution in [2.24, 2.45) is 0 Å². The minimum atomic E-state index is -0.239. The van der Waals surface area contributed by atoms with E-state index in [1.165, 1.54) is 0 Å². The molecule has 0 unspecified atom stereocenters. The number of nitrogens with zero attached hydrogens (tertiary/aromatic N) is 1. The second-order valence-electron chi connectivity index (χ2n) is 3.72. The molecule has 1 aromatic rings. The zero-order chi connectivity index (χ0) is 9.73. The Labute approximate surface area is 103 Å². The van der Waals surface area contributed by atoms with Gasteiger partial charge in [0.05, 0.1) is 12.3 Å². The molecule has 0 saturated heterocycles. The van der Waals surface area contributed by atoms with E-state index in [1.54, 1.807) is 6.20 Å². The predicted molar refractivity (Wildman–Crippen MR) is 66.7 cm³/mol. The summed E-state index contributed by atoms with van der Waals surface area (Å²) in [5.74, 6) is 0. The summed E-state index contributed by atoms with van der Waals surface area (Å²) in [6, 6.07) is 5.80. The van der Waals surface area contributed by atoms with Crippen LogP contribution < -0.4 is 5.32 Å². The largest absolute Gasteiger partial charge is 0.394 e. The highest BCUT2D eigenvalue weighted by Gasteiger charge is 2.14. The Bertz CT molecular complexity index is 255. The standard InChI is InChI=1S/C10H16N2O.2ClH/c1-10(2,8-13)12-7-9-5-3-4-6-11-9;;/h3-6,12-13H,7-8H2,1-2H3;2*1H. The van der Waals surface area contributed by atoms with Crippen LogP contribution in [0.5, 0.6) is 0 Å². The van der Waals surface area contributed by atoms with Crippen LogP contribution in [-0.2, 0) is 6.54 Å². The Kier molecular flexibility index (Phi) is 8.96. The minimum absolute atomic E-state index is 0. The van der Waals surface area contributed by atoms with Gasteiger partial charge in [-0.15, -0.1) is 24.8 Å². The Morgan fingerprint density at radius 1 is 1.33 bits per heavy atom. The molecule has 0 bridgehead atoms. The first-order valence-corrected chi connectivity index (χ1v) is 4.40. The first-order valence-electron chi connectivity index (χ1n) is 4.40. The molecule has 15 heavy (non-hydrogen) atoms. The lowest BCUT2D eigenvalue weighted by Gasteiger charge is -2.23. The van der Waals surface area contributed by atoms with Gasteiger partial charge in [-0.1, -0.05) is 6.07 Å². The third kappa shape index (κ3) is 6.68. The molecule has 0 aliphatic carbocycles. The van der Waals surface area contributed by atoms with Gasteiger partial charge in [0.15, 0.2) is 0 Å². The molecule has 2 N–H and O–H groups in total. The van der Waals surface area contributed by atoms with E-state index in [9.17, 15) is 0 Å². The summed E-state index contributed by atoms with van der Waals surface area (Å²) in [7, 11) is 0. The van der Waals surface area contributed by atoms with Crippen molar-refractivity contribution in [3.05, 3.63) is 30.1 Å². The van der Waals surface area contributed by atoms with Gasteiger partial charge in [0.25, 0.3) is 0 Å². The van der Waals surface area contributed by atoms with Gasteiger partial charge in [0.1, 0.15) is 0 Å². The summed E-state index contributed by atoms with van der Waals surface area (Å²) >= 11 is 0. The van der Waals surface area contributed by atoms with Crippen LogP contribution in [0.3, 0.4) is 0 Å². The summed E-state index contributed by atoms with van der Waals surface area (Å²) in [6.07, 6.45) is 1.77. The van der Waals surface area contributed by atoms with E-state index in [2.05, 4.69) is 10.3 Å². The van der Waals surface area contributed by atoms with Gasteiger partial charge < -0.3 is 10.4 Å². The molecule has 1 rings (SSSR count). The molecular weight excluding hydrogens is 235 g/mol. The number of halogens is 2. The number of aromatic nitrogens is 1. The highest BCUT2D eigenvalue weighted by Crippen LogP contribution is 2.01. The summed E-state index contributed by atoms with van der Waals surface area (Å²) in [5.41, 5.74) is 0.751. The maximum Gasteiger partial charge on any atom is 0.0607 e. The summed E-state index contributed by atoms with van der Waals surface area (Å²) in [5, 5.41) is 12.2. The van der Waals surface area contributed by atoms with Crippen molar-refractivity contribution in [2.45, 2.75) is 25.9 Å². The van der Waals surface area contributed by atoms with E-state index >= 15 is 0 Å². The summed E-state index contributed by atoms with van der Waals surface area (Å²) in [6.45, 7) is 4.72. The van der Waals surface area contributed by atoms with Crippen molar-refractivity contribution < 1.29 is 5.11 Å². The third-order valence-corrected chi connectivity index (χ3v) is 1.87. The highest BCUT2D eigenvalue weighted by atomic mass is 35.5. The molecule has 0 atom stereocenters. The van der Waals surface area contributed by atoms with Crippen LogP contribution >= 0.6 is 24.8 Å². The number of nitrogens with one attached hydrogen (secondary N) is 1. The zero-order valence-electron chi connectivity index (χ0n) is 8.93. The maximum absolute atomic E-state index is 8.99. The molecule has 0 fully saturated rings. The summed E-state index contributed by atoms with van der Waals surface area (Å²) < 4.78 is 0. The highest BCUT2D eigenvalue weighted by molar-refractivity contribution is 5.85. The number of aliphatic hydroxyl groups is 1. The second kappa shape index (κ2) is 7.88. The monoisotopic (exact) mass is 252 g/mol. The molecule has 0 saturated carbocycles. The van der Waals surface area contributed by atoms with E-state index < -0.39 is 0 Å². The van der Waals surface area contributed by atoms with E-state index in [0.717, 1.165) is 5.69 Å². The van der Waals surface area contributed by atoms with E-state index in [1.807, 2.05) is 32.0 Å². The van der Waals surface area contributed by atoms with Crippen LogP contribution in [0.15, 0.2) is 24.4 Å². The molecule has 5 heteroatoms. The number of aliphatic hydroxyl groups excluding tert-OH is 1. The fourth-order valence-electron chi connectivity index (χ4n) is 0.888. The van der Waals surface area contributed by atoms with Crippen molar-refractivity contribution in [2.75, 3.05) is 6.61 Å². The quantitative estimate of drug-likeness (QED) is 0.859. The maximum atomic E-state index is 8.99. The fourth-order valence-corrected chi connectivity index (χ4v) is 0.888. The SMILES string of the molecule is CC(C)(CO)NCc1ccccn1.Cl.Cl. The third-order valence-electron chi connectivity index (χ3n) is 1.87. The Hall–Kier alpha value is -0.350. The molecule has 1 aromatic heterocycles. The number of rotatable bonds is 4.